The van der Waals surface area contributed by atoms with Crippen molar-refractivity contribution in [1.82, 2.24) is 0 Å². The number of methoxy groups -OCH3 is 1. The van der Waals surface area contributed by atoms with E-state index in [9.17, 15) is 9.59 Å². The first-order valence-corrected chi connectivity index (χ1v) is 11.0. The Morgan fingerprint density at radius 2 is 1.58 bits per heavy atom. The number of ether oxygens (including phenoxy) is 2. The molecule has 1 heterocycles. The lowest BCUT2D eigenvalue weighted by atomic mass is 9.98. The molecule has 0 radical (unpaired) electrons. The van der Waals surface area contributed by atoms with Crippen LogP contribution in [0.1, 0.15) is 29.7 Å². The topological polar surface area (TPSA) is 59.1 Å². The smallest absolute Gasteiger partial charge is 0.255 e. The fraction of sp³-hybridized carbons (Fsp3) is 0.259. The van der Waals surface area contributed by atoms with Gasteiger partial charge in [-0.2, -0.15) is 0 Å². The van der Waals surface area contributed by atoms with Crippen LogP contribution in [-0.2, 0) is 9.59 Å². The van der Waals surface area contributed by atoms with Crippen LogP contribution in [0.2, 0.25) is 0 Å². The Labute approximate surface area is 194 Å². The molecule has 0 bridgehead atoms. The van der Waals surface area contributed by atoms with Crippen LogP contribution < -0.4 is 19.3 Å². The highest BCUT2D eigenvalue weighted by Gasteiger charge is 2.42. The summed E-state index contributed by atoms with van der Waals surface area (Å²) in [7, 11) is 1.60. The number of amides is 2. The molecular weight excluding hydrogens is 416 g/mol. The molecule has 2 amide bonds. The number of carbonyl (C=O) groups is 2. The summed E-state index contributed by atoms with van der Waals surface area (Å²) in [5.41, 5.74) is 4.19. The average molecular weight is 445 g/mol. The maximum Gasteiger partial charge on any atom is 0.255 e. The summed E-state index contributed by atoms with van der Waals surface area (Å²) in [5.74, 6) is 1.10. The number of piperazine rings is 1. The zero-order valence-corrected chi connectivity index (χ0v) is 19.4. The van der Waals surface area contributed by atoms with E-state index >= 15 is 0 Å². The summed E-state index contributed by atoms with van der Waals surface area (Å²) >= 11 is 0. The molecule has 1 atom stereocenters. The summed E-state index contributed by atoms with van der Waals surface area (Å²) in [6.45, 7) is 6.43. The van der Waals surface area contributed by atoms with E-state index in [1.54, 1.807) is 29.0 Å². The van der Waals surface area contributed by atoms with E-state index < -0.39 is 6.04 Å². The summed E-state index contributed by atoms with van der Waals surface area (Å²) in [5, 5.41) is 0. The number of hydrogen-bond acceptors (Lipinski definition) is 4. The Bertz CT molecular complexity index is 1160. The molecule has 170 valence electrons. The lowest BCUT2D eigenvalue weighted by Crippen LogP contribution is -2.56. The Kier molecular flexibility index (Phi) is 6.36. The van der Waals surface area contributed by atoms with E-state index in [0.29, 0.717) is 18.0 Å². The van der Waals surface area contributed by atoms with Crippen LogP contribution in [0.4, 0.5) is 11.4 Å². The van der Waals surface area contributed by atoms with E-state index in [4.69, 9.17) is 9.47 Å². The number of hydrogen-bond donors (Lipinski definition) is 0. The fourth-order valence-electron chi connectivity index (χ4n) is 4.16. The van der Waals surface area contributed by atoms with Crippen LogP contribution in [0.3, 0.4) is 0 Å². The molecule has 0 unspecified atom stereocenters. The Hall–Kier alpha value is -3.80. The SMILES string of the molecule is CCOc1ccc(N2C(=O)CN(c3cccc(C)c3C)C(=O)[C@@H]2c2ccc(OC)cc2)cc1. The zero-order valence-electron chi connectivity index (χ0n) is 19.4. The minimum Gasteiger partial charge on any atom is -0.497 e. The van der Waals surface area contributed by atoms with E-state index in [2.05, 4.69) is 0 Å². The summed E-state index contributed by atoms with van der Waals surface area (Å²) in [4.78, 5) is 30.6. The van der Waals surface area contributed by atoms with Crippen molar-refractivity contribution in [3.8, 4) is 11.5 Å². The van der Waals surface area contributed by atoms with Crippen molar-refractivity contribution >= 4 is 23.2 Å². The number of benzene rings is 3. The third-order valence-electron chi connectivity index (χ3n) is 6.04. The van der Waals surface area contributed by atoms with Gasteiger partial charge in [-0.1, -0.05) is 24.3 Å². The van der Waals surface area contributed by atoms with Crippen LogP contribution in [-0.4, -0.2) is 32.1 Å². The normalized spacial score (nSPS) is 16.2. The first-order chi connectivity index (χ1) is 15.9. The molecule has 3 aromatic carbocycles. The van der Waals surface area contributed by atoms with Gasteiger partial charge < -0.3 is 14.4 Å². The lowest BCUT2D eigenvalue weighted by molar-refractivity contribution is -0.128. The van der Waals surface area contributed by atoms with Crippen molar-refractivity contribution in [3.63, 3.8) is 0 Å². The number of anilines is 2. The van der Waals surface area contributed by atoms with Crippen molar-refractivity contribution in [2.45, 2.75) is 26.8 Å². The molecule has 1 aliphatic rings. The minimum atomic E-state index is -0.796. The average Bonchev–Trinajstić information content (AvgIpc) is 2.83. The number of rotatable bonds is 6. The van der Waals surface area contributed by atoms with Crippen molar-refractivity contribution in [2.24, 2.45) is 0 Å². The number of carbonyl (C=O) groups excluding carboxylic acids is 2. The quantitative estimate of drug-likeness (QED) is 0.546. The van der Waals surface area contributed by atoms with Crippen molar-refractivity contribution in [3.05, 3.63) is 83.4 Å². The second-order valence-electron chi connectivity index (χ2n) is 8.01. The van der Waals surface area contributed by atoms with Gasteiger partial charge >= 0.3 is 0 Å². The molecule has 33 heavy (non-hydrogen) atoms. The molecule has 0 aromatic heterocycles. The van der Waals surface area contributed by atoms with E-state index in [1.807, 2.05) is 75.4 Å². The Morgan fingerprint density at radius 3 is 2.21 bits per heavy atom. The summed E-state index contributed by atoms with van der Waals surface area (Å²) in [6.07, 6.45) is 0. The van der Waals surface area contributed by atoms with E-state index in [1.165, 1.54) is 0 Å². The maximum absolute atomic E-state index is 13.9. The fourth-order valence-corrected chi connectivity index (χ4v) is 4.16. The van der Waals surface area contributed by atoms with Gasteiger partial charge in [0.15, 0.2) is 0 Å². The maximum atomic E-state index is 13.9. The van der Waals surface area contributed by atoms with Crippen LogP contribution in [0.25, 0.3) is 0 Å². The van der Waals surface area contributed by atoms with Gasteiger partial charge in [-0.15, -0.1) is 0 Å². The van der Waals surface area contributed by atoms with Crippen LogP contribution in [0.5, 0.6) is 11.5 Å². The van der Waals surface area contributed by atoms with E-state index in [0.717, 1.165) is 28.1 Å². The predicted molar refractivity (Wildman–Crippen MR) is 129 cm³/mol. The van der Waals surface area contributed by atoms with Crippen LogP contribution in [0.15, 0.2) is 66.7 Å². The molecule has 6 nitrogen and oxygen atoms in total. The highest BCUT2D eigenvalue weighted by Crippen LogP contribution is 2.37. The van der Waals surface area contributed by atoms with Crippen molar-refractivity contribution < 1.29 is 19.1 Å². The first-order valence-electron chi connectivity index (χ1n) is 11.0. The summed E-state index contributed by atoms with van der Waals surface area (Å²) < 4.78 is 10.8. The first kappa shape index (κ1) is 22.4. The second kappa shape index (κ2) is 9.36. The Balaban J connectivity index is 1.79. The van der Waals surface area contributed by atoms with Gasteiger partial charge in [0.1, 0.15) is 24.1 Å². The minimum absolute atomic E-state index is 0.0248. The molecule has 6 heteroatoms. The van der Waals surface area contributed by atoms with Gasteiger partial charge in [0.2, 0.25) is 5.91 Å². The molecule has 0 aliphatic carbocycles. The molecule has 0 N–H and O–H groups in total. The zero-order chi connectivity index (χ0) is 23.5. The molecule has 0 spiro atoms. The van der Waals surface area contributed by atoms with Crippen LogP contribution in [0, 0.1) is 13.8 Å². The van der Waals surface area contributed by atoms with Crippen molar-refractivity contribution in [2.75, 3.05) is 30.1 Å². The predicted octanol–water partition coefficient (Wildman–Crippen LogP) is 4.83. The largest absolute Gasteiger partial charge is 0.497 e. The van der Waals surface area contributed by atoms with Gasteiger partial charge in [0.25, 0.3) is 5.91 Å². The third kappa shape index (κ3) is 4.29. The van der Waals surface area contributed by atoms with Gasteiger partial charge in [0.05, 0.1) is 13.7 Å². The standard InChI is InChI=1S/C27H28N2O4/c1-5-33-23-15-11-21(12-16-23)29-25(30)17-28(24-8-6-7-18(2)19(24)3)27(31)26(29)20-9-13-22(32-4)14-10-20/h6-16,26H,5,17H2,1-4H3/t26-/m0/s1. The van der Waals surface area contributed by atoms with Gasteiger partial charge in [0, 0.05) is 11.4 Å². The summed E-state index contributed by atoms with van der Waals surface area (Å²) in [6, 6.07) is 19.6. The molecule has 1 aliphatic heterocycles. The number of nitrogens with zero attached hydrogens (tertiary/aromatic N) is 2. The lowest BCUT2D eigenvalue weighted by Gasteiger charge is -2.41. The second-order valence-corrected chi connectivity index (χ2v) is 8.01. The molecule has 4 rings (SSSR count). The van der Waals surface area contributed by atoms with Crippen molar-refractivity contribution in [1.29, 1.82) is 0 Å². The van der Waals surface area contributed by atoms with E-state index in [-0.39, 0.29) is 18.4 Å². The monoisotopic (exact) mass is 444 g/mol. The highest BCUT2D eigenvalue weighted by molar-refractivity contribution is 6.14. The molecule has 1 saturated heterocycles. The van der Waals surface area contributed by atoms with Gasteiger partial charge in [-0.3, -0.25) is 14.5 Å². The Morgan fingerprint density at radius 1 is 0.909 bits per heavy atom. The molecule has 0 saturated carbocycles. The van der Waals surface area contributed by atoms with Gasteiger partial charge in [-0.05, 0) is 79.9 Å². The van der Waals surface area contributed by atoms with Crippen LogP contribution >= 0.6 is 0 Å². The third-order valence-corrected chi connectivity index (χ3v) is 6.04. The molecule has 1 fully saturated rings. The van der Waals surface area contributed by atoms with Gasteiger partial charge in [-0.25, -0.2) is 0 Å². The highest BCUT2D eigenvalue weighted by atomic mass is 16.5. The number of aryl methyl sites for hydroxylation is 1. The molecular formula is C27H28N2O4. The molecule has 3 aromatic rings.